The Hall–Kier alpha value is -2.57. The van der Waals surface area contributed by atoms with Gasteiger partial charge in [0.25, 0.3) is 11.5 Å². The van der Waals surface area contributed by atoms with Gasteiger partial charge in [-0.3, -0.25) is 14.2 Å². The van der Waals surface area contributed by atoms with Gasteiger partial charge in [0.05, 0.1) is 0 Å². The summed E-state index contributed by atoms with van der Waals surface area (Å²) in [7, 11) is 0. The van der Waals surface area contributed by atoms with E-state index in [1.807, 2.05) is 0 Å². The summed E-state index contributed by atoms with van der Waals surface area (Å²) in [4.78, 5) is 36.0. The topological polar surface area (TPSA) is 61.1 Å². The molecule has 0 aliphatic heterocycles. The van der Waals surface area contributed by atoms with Gasteiger partial charge in [0.15, 0.2) is 0 Å². The van der Waals surface area contributed by atoms with Gasteiger partial charge in [-0.25, -0.2) is 13.6 Å². The number of hydrogen-bond donors (Lipinski definition) is 0. The third-order valence-corrected chi connectivity index (χ3v) is 2.87. The highest BCUT2D eigenvalue weighted by Gasteiger charge is 2.15. The maximum atomic E-state index is 12.2. The third-order valence-electron chi connectivity index (χ3n) is 2.87. The Morgan fingerprint density at radius 1 is 1.10 bits per heavy atom. The molecule has 21 heavy (non-hydrogen) atoms. The average molecular weight is 294 g/mol. The highest BCUT2D eigenvalue weighted by molar-refractivity contribution is 5.95. The van der Waals surface area contributed by atoms with Crippen LogP contribution in [0.3, 0.4) is 0 Å². The zero-order valence-corrected chi connectivity index (χ0v) is 10.9. The van der Waals surface area contributed by atoms with Crippen molar-refractivity contribution in [3.8, 4) is 0 Å². The number of alkyl halides is 2. The number of rotatable bonds is 4. The molecule has 0 fully saturated rings. The van der Waals surface area contributed by atoms with Crippen molar-refractivity contribution in [1.29, 1.82) is 0 Å². The van der Waals surface area contributed by atoms with Crippen LogP contribution in [0, 0.1) is 0 Å². The fourth-order valence-corrected chi connectivity index (χ4v) is 1.82. The zero-order valence-electron chi connectivity index (χ0n) is 10.9. The highest BCUT2D eigenvalue weighted by atomic mass is 19.3. The predicted octanol–water partition coefficient (Wildman–Crippen LogP) is 1.35. The van der Waals surface area contributed by atoms with Crippen LogP contribution in [0.25, 0.3) is 0 Å². The van der Waals surface area contributed by atoms with Gasteiger partial charge in [-0.2, -0.15) is 4.57 Å². The van der Waals surface area contributed by atoms with Gasteiger partial charge in [-0.1, -0.05) is 18.2 Å². The standard InChI is InChI=1S/C14H12F2N2O3/c15-11(16)6-8-17-9-7-12(19)18(14(17)21)13(20)10-4-2-1-3-5-10/h1-5,7,9,11H,6,8H2. The monoisotopic (exact) mass is 294 g/mol. The molecule has 0 amide bonds. The van der Waals surface area contributed by atoms with Crippen molar-refractivity contribution < 1.29 is 13.6 Å². The summed E-state index contributed by atoms with van der Waals surface area (Å²) in [5, 5.41) is 0. The molecule has 0 saturated heterocycles. The van der Waals surface area contributed by atoms with Crippen LogP contribution in [-0.4, -0.2) is 21.5 Å². The molecule has 7 heteroatoms. The smallest absolute Gasteiger partial charge is 0.300 e. The normalized spacial score (nSPS) is 10.8. The molecule has 0 bridgehead atoms. The Kier molecular flexibility index (Phi) is 4.42. The quantitative estimate of drug-likeness (QED) is 0.855. The van der Waals surface area contributed by atoms with E-state index in [2.05, 4.69) is 0 Å². The lowest BCUT2D eigenvalue weighted by Crippen LogP contribution is -2.43. The Morgan fingerprint density at radius 3 is 2.38 bits per heavy atom. The van der Waals surface area contributed by atoms with Crippen LogP contribution in [0.5, 0.6) is 0 Å². The van der Waals surface area contributed by atoms with Crippen molar-refractivity contribution in [2.45, 2.75) is 19.4 Å². The summed E-state index contributed by atoms with van der Waals surface area (Å²) >= 11 is 0. The molecule has 0 N–H and O–H groups in total. The van der Waals surface area contributed by atoms with E-state index in [9.17, 15) is 23.2 Å². The number of carbonyl (C=O) groups is 1. The second-order valence-corrected chi connectivity index (χ2v) is 4.32. The van der Waals surface area contributed by atoms with E-state index >= 15 is 0 Å². The minimum Gasteiger partial charge on any atom is -0.300 e. The van der Waals surface area contributed by atoms with E-state index in [0.29, 0.717) is 4.57 Å². The van der Waals surface area contributed by atoms with Crippen LogP contribution in [0.1, 0.15) is 16.8 Å². The summed E-state index contributed by atoms with van der Waals surface area (Å²) in [5.74, 6) is -0.781. The summed E-state index contributed by atoms with van der Waals surface area (Å²) < 4.78 is 25.8. The first-order valence-corrected chi connectivity index (χ1v) is 6.21. The zero-order chi connectivity index (χ0) is 15.4. The maximum absolute atomic E-state index is 12.2. The van der Waals surface area contributed by atoms with Crippen molar-refractivity contribution in [2.24, 2.45) is 0 Å². The van der Waals surface area contributed by atoms with Crippen molar-refractivity contribution in [3.63, 3.8) is 0 Å². The van der Waals surface area contributed by atoms with E-state index in [1.54, 1.807) is 18.2 Å². The molecule has 110 valence electrons. The molecule has 1 aromatic heterocycles. The Balaban J connectivity index is 2.44. The lowest BCUT2D eigenvalue weighted by atomic mass is 10.2. The van der Waals surface area contributed by atoms with E-state index in [0.717, 1.165) is 16.8 Å². The van der Waals surface area contributed by atoms with Crippen LogP contribution in [0.2, 0.25) is 0 Å². The molecule has 0 spiro atoms. The molecule has 0 aliphatic rings. The van der Waals surface area contributed by atoms with Crippen LogP contribution >= 0.6 is 0 Å². The Morgan fingerprint density at radius 2 is 1.76 bits per heavy atom. The SMILES string of the molecule is O=C(c1ccccc1)n1c(=O)ccn(CCC(F)F)c1=O. The molecule has 0 unspecified atom stereocenters. The molecule has 0 radical (unpaired) electrons. The van der Waals surface area contributed by atoms with Crippen molar-refractivity contribution >= 4 is 5.91 Å². The molecular formula is C14H12F2N2O3. The number of aryl methyl sites for hydroxylation is 1. The largest absolute Gasteiger partial charge is 0.338 e. The molecule has 0 aliphatic carbocycles. The van der Waals surface area contributed by atoms with Gasteiger partial charge in [0, 0.05) is 30.8 Å². The number of aromatic nitrogens is 2. The molecule has 2 rings (SSSR count). The van der Waals surface area contributed by atoms with Gasteiger partial charge >= 0.3 is 5.69 Å². The van der Waals surface area contributed by atoms with Crippen LogP contribution in [0.4, 0.5) is 8.78 Å². The summed E-state index contributed by atoms with van der Waals surface area (Å²) in [5.41, 5.74) is -1.54. The van der Waals surface area contributed by atoms with E-state index in [1.165, 1.54) is 12.1 Å². The average Bonchev–Trinajstić information content (AvgIpc) is 2.47. The number of halogens is 2. The van der Waals surface area contributed by atoms with Gasteiger partial charge in [0.1, 0.15) is 0 Å². The highest BCUT2D eigenvalue weighted by Crippen LogP contribution is 2.01. The fourth-order valence-electron chi connectivity index (χ4n) is 1.82. The maximum Gasteiger partial charge on any atom is 0.338 e. The number of carbonyl (C=O) groups excluding carboxylic acids is 1. The lowest BCUT2D eigenvalue weighted by Gasteiger charge is -2.08. The lowest BCUT2D eigenvalue weighted by molar-refractivity contribution is 0.0947. The summed E-state index contributed by atoms with van der Waals surface area (Å²) in [6, 6.07) is 8.81. The number of nitrogens with zero attached hydrogens (tertiary/aromatic N) is 2. The van der Waals surface area contributed by atoms with Gasteiger partial charge in [0.2, 0.25) is 6.43 Å². The molecule has 1 aromatic carbocycles. The molecule has 2 aromatic rings. The first-order chi connectivity index (χ1) is 10.0. The first-order valence-electron chi connectivity index (χ1n) is 6.21. The van der Waals surface area contributed by atoms with Gasteiger partial charge < -0.3 is 0 Å². The predicted molar refractivity (Wildman–Crippen MR) is 71.8 cm³/mol. The van der Waals surface area contributed by atoms with E-state index in [-0.39, 0.29) is 12.1 Å². The number of hydrogen-bond acceptors (Lipinski definition) is 3. The summed E-state index contributed by atoms with van der Waals surface area (Å²) in [6.45, 7) is -0.265. The molecule has 0 saturated carbocycles. The van der Waals surface area contributed by atoms with Gasteiger partial charge in [-0.15, -0.1) is 0 Å². The minimum atomic E-state index is -2.57. The van der Waals surface area contributed by atoms with Crippen LogP contribution < -0.4 is 11.2 Å². The van der Waals surface area contributed by atoms with Crippen molar-refractivity contribution in [3.05, 3.63) is 69.0 Å². The van der Waals surface area contributed by atoms with Crippen molar-refractivity contribution in [2.75, 3.05) is 0 Å². The molecule has 0 atom stereocenters. The molecule has 5 nitrogen and oxygen atoms in total. The second-order valence-electron chi connectivity index (χ2n) is 4.32. The van der Waals surface area contributed by atoms with Crippen molar-refractivity contribution in [1.82, 2.24) is 9.13 Å². The second kappa shape index (κ2) is 6.25. The summed E-state index contributed by atoms with van der Waals surface area (Å²) in [6.07, 6.45) is -1.98. The Bertz CT molecular complexity index is 751. The van der Waals surface area contributed by atoms with Gasteiger partial charge in [-0.05, 0) is 12.1 Å². The van der Waals surface area contributed by atoms with Crippen LogP contribution in [-0.2, 0) is 6.54 Å². The van der Waals surface area contributed by atoms with Crippen LogP contribution in [0.15, 0.2) is 52.2 Å². The fraction of sp³-hybridized carbons (Fsp3) is 0.214. The minimum absolute atomic E-state index is 0.170. The molecule has 1 heterocycles. The third kappa shape index (κ3) is 3.31. The van der Waals surface area contributed by atoms with E-state index in [4.69, 9.17) is 0 Å². The van der Waals surface area contributed by atoms with E-state index < -0.39 is 30.0 Å². The molecular weight excluding hydrogens is 282 g/mol. The Labute approximate surface area is 118 Å². The number of benzene rings is 1. The first kappa shape index (κ1) is 14.8.